The van der Waals surface area contributed by atoms with Crippen molar-refractivity contribution in [3.63, 3.8) is 0 Å². The van der Waals surface area contributed by atoms with Crippen molar-refractivity contribution in [3.8, 4) is 11.5 Å². The maximum atomic E-state index is 14.6. The van der Waals surface area contributed by atoms with Gasteiger partial charge in [0.05, 0.1) is 5.25 Å². The topological polar surface area (TPSA) is 27.7 Å². The van der Waals surface area contributed by atoms with Crippen LogP contribution in [-0.2, 0) is 4.74 Å². The number of para-hydroxylation sites is 2. The summed E-state index contributed by atoms with van der Waals surface area (Å²) in [4.78, 5) is 0. The van der Waals surface area contributed by atoms with E-state index in [0.717, 1.165) is 5.75 Å². The van der Waals surface area contributed by atoms with Crippen LogP contribution in [0, 0.1) is 0 Å². The predicted molar refractivity (Wildman–Crippen MR) is 89.9 cm³/mol. The van der Waals surface area contributed by atoms with Crippen LogP contribution in [0.15, 0.2) is 60.7 Å². The standard InChI is InChI=1S/C18H19FO3S/c1-20-18-16(19)17(22-14-10-6-3-7-11-14)15(23-18)12-21-13-8-4-2-5-9-13/h2-11,15-18H,12H2,1H3/t15-,16+,17-,18-/m1/s1. The van der Waals surface area contributed by atoms with Gasteiger partial charge in [-0.2, -0.15) is 0 Å². The summed E-state index contributed by atoms with van der Waals surface area (Å²) in [6.45, 7) is 0.368. The van der Waals surface area contributed by atoms with Crippen molar-refractivity contribution in [2.45, 2.75) is 23.0 Å². The van der Waals surface area contributed by atoms with Crippen LogP contribution in [-0.4, -0.2) is 36.7 Å². The van der Waals surface area contributed by atoms with Crippen LogP contribution in [0.3, 0.4) is 0 Å². The highest BCUT2D eigenvalue weighted by Crippen LogP contribution is 2.39. The van der Waals surface area contributed by atoms with E-state index in [-0.39, 0.29) is 5.25 Å². The molecule has 4 atom stereocenters. The molecule has 2 aromatic carbocycles. The molecule has 0 N–H and O–H groups in total. The van der Waals surface area contributed by atoms with Gasteiger partial charge in [-0.1, -0.05) is 36.4 Å². The lowest BCUT2D eigenvalue weighted by Gasteiger charge is -2.22. The van der Waals surface area contributed by atoms with Crippen LogP contribution in [0.1, 0.15) is 0 Å². The van der Waals surface area contributed by atoms with E-state index < -0.39 is 17.7 Å². The van der Waals surface area contributed by atoms with Crippen LogP contribution in [0.4, 0.5) is 4.39 Å². The summed E-state index contributed by atoms with van der Waals surface area (Å²) in [5.74, 6) is 1.42. The number of thioether (sulfide) groups is 1. The molecule has 0 aliphatic carbocycles. The van der Waals surface area contributed by atoms with Crippen molar-refractivity contribution in [1.29, 1.82) is 0 Å². The highest BCUT2D eigenvalue weighted by Gasteiger charge is 2.47. The fraction of sp³-hybridized carbons (Fsp3) is 0.333. The highest BCUT2D eigenvalue weighted by atomic mass is 32.2. The molecule has 0 aromatic heterocycles. The van der Waals surface area contributed by atoms with Gasteiger partial charge in [0.25, 0.3) is 0 Å². The zero-order valence-electron chi connectivity index (χ0n) is 12.8. The molecule has 0 saturated carbocycles. The molecule has 23 heavy (non-hydrogen) atoms. The van der Waals surface area contributed by atoms with Crippen molar-refractivity contribution in [1.82, 2.24) is 0 Å². The van der Waals surface area contributed by atoms with E-state index in [9.17, 15) is 4.39 Å². The van der Waals surface area contributed by atoms with Gasteiger partial charge in [-0.05, 0) is 24.3 Å². The molecule has 1 aliphatic heterocycles. The molecule has 1 aliphatic rings. The van der Waals surface area contributed by atoms with Crippen molar-refractivity contribution in [3.05, 3.63) is 60.7 Å². The molecule has 3 rings (SSSR count). The summed E-state index contributed by atoms with van der Waals surface area (Å²) in [6.07, 6.45) is -1.80. The monoisotopic (exact) mass is 334 g/mol. The lowest BCUT2D eigenvalue weighted by Crippen LogP contribution is -2.37. The Bertz CT molecular complexity index is 596. The summed E-state index contributed by atoms with van der Waals surface area (Å²) in [6, 6.07) is 18.8. The Balaban J connectivity index is 1.68. The van der Waals surface area contributed by atoms with Crippen molar-refractivity contribution in [2.24, 2.45) is 0 Å². The maximum absolute atomic E-state index is 14.6. The van der Waals surface area contributed by atoms with Crippen LogP contribution >= 0.6 is 11.8 Å². The molecular weight excluding hydrogens is 315 g/mol. The van der Waals surface area contributed by atoms with E-state index in [1.807, 2.05) is 60.7 Å². The van der Waals surface area contributed by atoms with E-state index in [0.29, 0.717) is 12.4 Å². The Kier molecular flexibility index (Phi) is 5.41. The van der Waals surface area contributed by atoms with Gasteiger partial charge >= 0.3 is 0 Å². The summed E-state index contributed by atoms with van der Waals surface area (Å²) in [5, 5.41) is -0.143. The van der Waals surface area contributed by atoms with Gasteiger partial charge in [0, 0.05) is 7.11 Å². The number of rotatable bonds is 6. The highest BCUT2D eigenvalue weighted by molar-refractivity contribution is 8.00. The summed E-state index contributed by atoms with van der Waals surface area (Å²) in [5.41, 5.74) is -0.534. The first-order chi connectivity index (χ1) is 11.3. The Morgan fingerprint density at radius 1 is 0.957 bits per heavy atom. The second-order valence-corrected chi connectivity index (χ2v) is 6.58. The Morgan fingerprint density at radius 3 is 2.17 bits per heavy atom. The van der Waals surface area contributed by atoms with Crippen LogP contribution in [0.25, 0.3) is 0 Å². The van der Waals surface area contributed by atoms with Gasteiger partial charge in [-0.3, -0.25) is 0 Å². The molecule has 3 nitrogen and oxygen atoms in total. The van der Waals surface area contributed by atoms with E-state index >= 15 is 0 Å². The van der Waals surface area contributed by atoms with Crippen molar-refractivity contribution in [2.75, 3.05) is 13.7 Å². The fourth-order valence-corrected chi connectivity index (χ4v) is 3.76. The van der Waals surface area contributed by atoms with E-state index in [1.54, 1.807) is 0 Å². The molecule has 0 radical (unpaired) electrons. The van der Waals surface area contributed by atoms with Crippen LogP contribution in [0.2, 0.25) is 0 Å². The lowest BCUT2D eigenvalue weighted by molar-refractivity contribution is 0.0307. The smallest absolute Gasteiger partial charge is 0.173 e. The molecule has 1 heterocycles. The lowest BCUT2D eigenvalue weighted by atomic mass is 10.1. The Hall–Kier alpha value is -1.72. The third-order valence-electron chi connectivity index (χ3n) is 3.65. The minimum absolute atomic E-state index is 0.143. The molecule has 1 fully saturated rings. The molecule has 0 amide bonds. The van der Waals surface area contributed by atoms with Crippen LogP contribution in [0.5, 0.6) is 11.5 Å². The minimum Gasteiger partial charge on any atom is -0.492 e. The maximum Gasteiger partial charge on any atom is 0.173 e. The molecule has 0 unspecified atom stereocenters. The molecule has 0 bridgehead atoms. The number of alkyl halides is 1. The fourth-order valence-electron chi connectivity index (χ4n) is 2.50. The number of hydrogen-bond acceptors (Lipinski definition) is 4. The second kappa shape index (κ2) is 7.70. The van der Waals surface area contributed by atoms with Gasteiger partial charge in [0.15, 0.2) is 6.17 Å². The second-order valence-electron chi connectivity index (χ2n) is 5.24. The number of benzene rings is 2. The molecular formula is C18H19FO3S. The van der Waals surface area contributed by atoms with E-state index in [2.05, 4.69) is 0 Å². The SMILES string of the molecule is CO[C@@H]1S[C@H](COc2ccccc2)[C@@H](Oc2ccccc2)[C@@H]1F. The summed E-state index contributed by atoms with van der Waals surface area (Å²) < 4.78 is 31.5. The van der Waals surface area contributed by atoms with Gasteiger partial charge in [-0.25, -0.2) is 4.39 Å². The molecule has 1 saturated heterocycles. The van der Waals surface area contributed by atoms with Gasteiger partial charge in [-0.15, -0.1) is 11.8 Å². The summed E-state index contributed by atoms with van der Waals surface area (Å²) in [7, 11) is 1.52. The zero-order valence-corrected chi connectivity index (χ0v) is 13.6. The van der Waals surface area contributed by atoms with E-state index in [1.165, 1.54) is 18.9 Å². The number of hydrogen-bond donors (Lipinski definition) is 0. The normalized spacial score (nSPS) is 26.9. The van der Waals surface area contributed by atoms with Gasteiger partial charge in [0.1, 0.15) is 29.6 Å². The molecule has 0 spiro atoms. The van der Waals surface area contributed by atoms with Crippen molar-refractivity contribution < 1.29 is 18.6 Å². The number of halogens is 1. The third kappa shape index (κ3) is 3.98. The van der Waals surface area contributed by atoms with Gasteiger partial charge in [0.2, 0.25) is 0 Å². The molecule has 2 aromatic rings. The number of ether oxygens (including phenoxy) is 3. The average Bonchev–Trinajstić information content (AvgIpc) is 2.90. The molecule has 122 valence electrons. The summed E-state index contributed by atoms with van der Waals surface area (Å²) >= 11 is 1.42. The Labute approximate surface area is 139 Å². The largest absolute Gasteiger partial charge is 0.492 e. The predicted octanol–water partition coefficient (Wildman–Crippen LogP) is 3.94. The van der Waals surface area contributed by atoms with E-state index in [4.69, 9.17) is 14.2 Å². The first kappa shape index (κ1) is 16.1. The Morgan fingerprint density at radius 2 is 1.57 bits per heavy atom. The first-order valence-corrected chi connectivity index (χ1v) is 8.44. The van der Waals surface area contributed by atoms with Crippen molar-refractivity contribution >= 4 is 11.8 Å². The van der Waals surface area contributed by atoms with Crippen LogP contribution < -0.4 is 9.47 Å². The molecule has 5 heteroatoms. The average molecular weight is 334 g/mol. The van der Waals surface area contributed by atoms with Gasteiger partial charge < -0.3 is 14.2 Å². The number of methoxy groups -OCH3 is 1. The third-order valence-corrected chi connectivity index (χ3v) is 5.13. The quantitative estimate of drug-likeness (QED) is 0.800. The zero-order chi connectivity index (χ0) is 16.1. The minimum atomic E-state index is -1.20. The first-order valence-electron chi connectivity index (χ1n) is 7.50.